The van der Waals surface area contributed by atoms with Crippen molar-refractivity contribution in [3.05, 3.63) is 52.0 Å². The average Bonchev–Trinajstić information content (AvgIpc) is 3.14. The standard InChI is InChI=1S/C23H27ClN2O3/c1-4-26(3)23(27)29-21-11-18-17(10-14(2)13-25-20(18)12-19(21)24)16-7-5-6-15-8-9-28-22(15)16/h5-7,11-12,14,17,25H,4,8-10,13H2,1-3H3. The van der Waals surface area contributed by atoms with Gasteiger partial charge in [0.25, 0.3) is 0 Å². The van der Waals surface area contributed by atoms with Gasteiger partial charge in [0.2, 0.25) is 0 Å². The highest BCUT2D eigenvalue weighted by atomic mass is 35.5. The molecule has 0 aromatic heterocycles. The Balaban J connectivity index is 1.78. The first-order valence-electron chi connectivity index (χ1n) is 10.2. The monoisotopic (exact) mass is 414 g/mol. The quantitative estimate of drug-likeness (QED) is 0.739. The number of hydrogen-bond donors (Lipinski definition) is 1. The molecule has 0 radical (unpaired) electrons. The highest BCUT2D eigenvalue weighted by Crippen LogP contribution is 2.46. The maximum Gasteiger partial charge on any atom is 0.415 e. The van der Waals surface area contributed by atoms with Crippen LogP contribution in [0.3, 0.4) is 0 Å². The van der Waals surface area contributed by atoms with E-state index in [1.807, 2.05) is 19.1 Å². The number of para-hydroxylation sites is 1. The summed E-state index contributed by atoms with van der Waals surface area (Å²) in [6.45, 7) is 6.31. The summed E-state index contributed by atoms with van der Waals surface area (Å²) < 4.78 is 11.6. The number of hydrogen-bond acceptors (Lipinski definition) is 4. The van der Waals surface area contributed by atoms with Crippen molar-refractivity contribution in [2.24, 2.45) is 5.92 Å². The minimum absolute atomic E-state index is 0.140. The van der Waals surface area contributed by atoms with Gasteiger partial charge in [-0.2, -0.15) is 0 Å². The fraction of sp³-hybridized carbons (Fsp3) is 0.435. The van der Waals surface area contributed by atoms with Crippen LogP contribution in [0.5, 0.6) is 11.5 Å². The van der Waals surface area contributed by atoms with Crippen LogP contribution in [0.15, 0.2) is 30.3 Å². The second-order valence-electron chi connectivity index (χ2n) is 7.96. The van der Waals surface area contributed by atoms with Gasteiger partial charge in [0.15, 0.2) is 5.75 Å². The molecule has 0 bridgehead atoms. The van der Waals surface area contributed by atoms with Crippen LogP contribution in [0.1, 0.15) is 42.9 Å². The van der Waals surface area contributed by atoms with Crippen LogP contribution in [0.4, 0.5) is 10.5 Å². The molecule has 0 spiro atoms. The Morgan fingerprint density at radius 3 is 2.97 bits per heavy atom. The Bertz CT molecular complexity index is 931. The van der Waals surface area contributed by atoms with Gasteiger partial charge in [-0.05, 0) is 42.5 Å². The topological polar surface area (TPSA) is 50.8 Å². The maximum absolute atomic E-state index is 12.3. The Kier molecular flexibility index (Phi) is 5.59. The fourth-order valence-electron chi connectivity index (χ4n) is 4.10. The van der Waals surface area contributed by atoms with Crippen molar-refractivity contribution in [1.82, 2.24) is 4.90 Å². The summed E-state index contributed by atoms with van der Waals surface area (Å²) in [5.74, 6) is 2.02. The lowest BCUT2D eigenvalue weighted by Crippen LogP contribution is -2.29. The molecule has 2 heterocycles. The lowest BCUT2D eigenvalue weighted by Gasteiger charge is -2.23. The molecule has 2 aliphatic heterocycles. The van der Waals surface area contributed by atoms with Crippen molar-refractivity contribution in [2.75, 3.05) is 32.1 Å². The van der Waals surface area contributed by atoms with Crippen LogP contribution >= 0.6 is 11.6 Å². The first-order valence-corrected chi connectivity index (χ1v) is 10.6. The first kappa shape index (κ1) is 19.9. The molecule has 2 unspecified atom stereocenters. The molecule has 2 atom stereocenters. The van der Waals surface area contributed by atoms with E-state index >= 15 is 0 Å². The molecule has 2 aromatic carbocycles. The lowest BCUT2D eigenvalue weighted by atomic mass is 9.83. The second-order valence-corrected chi connectivity index (χ2v) is 8.37. The summed E-state index contributed by atoms with van der Waals surface area (Å²) in [4.78, 5) is 13.8. The number of nitrogens with one attached hydrogen (secondary N) is 1. The van der Waals surface area contributed by atoms with Crippen LogP contribution < -0.4 is 14.8 Å². The molecule has 2 aromatic rings. The van der Waals surface area contributed by atoms with Crippen molar-refractivity contribution in [2.45, 2.75) is 32.6 Å². The van der Waals surface area contributed by atoms with E-state index in [1.165, 1.54) is 16.0 Å². The molecule has 1 N–H and O–H groups in total. The molecule has 0 aliphatic carbocycles. The molecule has 0 saturated heterocycles. The zero-order valence-corrected chi connectivity index (χ0v) is 17.9. The first-order chi connectivity index (χ1) is 14.0. The van der Waals surface area contributed by atoms with Crippen molar-refractivity contribution < 1.29 is 14.3 Å². The summed E-state index contributed by atoms with van der Waals surface area (Å²) in [7, 11) is 1.70. The second kappa shape index (κ2) is 8.15. The Morgan fingerprint density at radius 2 is 2.17 bits per heavy atom. The number of nitrogens with zero attached hydrogens (tertiary/aromatic N) is 1. The number of carbonyl (C=O) groups is 1. The molecule has 1 amide bonds. The van der Waals surface area contributed by atoms with Crippen molar-refractivity contribution in [1.29, 1.82) is 0 Å². The number of fused-ring (bicyclic) bond motifs is 2. The lowest BCUT2D eigenvalue weighted by molar-refractivity contribution is 0.165. The molecule has 29 heavy (non-hydrogen) atoms. The van der Waals surface area contributed by atoms with E-state index in [4.69, 9.17) is 21.1 Å². The van der Waals surface area contributed by atoms with Gasteiger partial charge >= 0.3 is 6.09 Å². The minimum Gasteiger partial charge on any atom is -0.493 e. The number of carbonyl (C=O) groups excluding carboxylic acids is 1. The van der Waals surface area contributed by atoms with Gasteiger partial charge in [-0.3, -0.25) is 0 Å². The number of amides is 1. The largest absolute Gasteiger partial charge is 0.493 e. The van der Waals surface area contributed by atoms with Crippen LogP contribution in [-0.2, 0) is 6.42 Å². The van der Waals surface area contributed by atoms with Crippen LogP contribution in [-0.4, -0.2) is 37.7 Å². The summed E-state index contributed by atoms with van der Waals surface area (Å²) >= 11 is 6.47. The van der Waals surface area contributed by atoms with E-state index < -0.39 is 6.09 Å². The highest BCUT2D eigenvalue weighted by molar-refractivity contribution is 6.32. The predicted octanol–water partition coefficient (Wildman–Crippen LogP) is 5.31. The summed E-state index contributed by atoms with van der Waals surface area (Å²) in [5, 5.41) is 3.95. The molecule has 0 fully saturated rings. The van der Waals surface area contributed by atoms with Crippen LogP contribution in [0.25, 0.3) is 0 Å². The zero-order chi connectivity index (χ0) is 20.5. The maximum atomic E-state index is 12.3. The van der Waals surface area contributed by atoms with E-state index in [0.29, 0.717) is 23.2 Å². The molecule has 0 saturated carbocycles. The SMILES string of the molecule is CCN(C)C(=O)Oc1cc2c(cc1Cl)NCC(C)CC2c1cccc2c1OCC2. The Hall–Kier alpha value is -2.40. The third kappa shape index (κ3) is 3.88. The molecular formula is C23H27ClN2O3. The number of ether oxygens (including phenoxy) is 2. The normalized spacial score (nSPS) is 20.0. The van der Waals surface area contributed by atoms with Gasteiger partial charge in [0.1, 0.15) is 5.75 Å². The predicted molar refractivity (Wildman–Crippen MR) is 116 cm³/mol. The number of benzene rings is 2. The van der Waals surface area contributed by atoms with Gasteiger partial charge < -0.3 is 19.7 Å². The number of halogens is 1. The van der Waals surface area contributed by atoms with Crippen LogP contribution in [0, 0.1) is 5.92 Å². The summed E-state index contributed by atoms with van der Waals surface area (Å²) in [6, 6.07) is 10.2. The van der Waals surface area contributed by atoms with Crippen molar-refractivity contribution >= 4 is 23.4 Å². The molecule has 154 valence electrons. The third-order valence-corrected chi connectivity index (χ3v) is 6.16. The van der Waals surface area contributed by atoms with Gasteiger partial charge in [-0.1, -0.05) is 36.7 Å². The molecule has 2 aliphatic rings. The highest BCUT2D eigenvalue weighted by Gasteiger charge is 2.30. The van der Waals surface area contributed by atoms with Gasteiger partial charge in [0.05, 0.1) is 11.6 Å². The van der Waals surface area contributed by atoms with Crippen molar-refractivity contribution in [3.63, 3.8) is 0 Å². The van der Waals surface area contributed by atoms with E-state index in [1.54, 1.807) is 7.05 Å². The minimum atomic E-state index is -0.412. The van der Waals surface area contributed by atoms with E-state index in [-0.39, 0.29) is 5.92 Å². The van der Waals surface area contributed by atoms with Crippen LogP contribution in [0.2, 0.25) is 5.02 Å². The van der Waals surface area contributed by atoms with Gasteiger partial charge in [-0.25, -0.2) is 4.79 Å². The molecular weight excluding hydrogens is 388 g/mol. The Labute approximate surface area is 176 Å². The average molecular weight is 415 g/mol. The number of rotatable bonds is 3. The smallest absolute Gasteiger partial charge is 0.415 e. The van der Waals surface area contributed by atoms with Crippen molar-refractivity contribution in [3.8, 4) is 11.5 Å². The van der Waals surface area contributed by atoms with E-state index in [2.05, 4.69) is 30.4 Å². The van der Waals surface area contributed by atoms with E-state index in [0.717, 1.165) is 43.0 Å². The fourth-order valence-corrected chi connectivity index (χ4v) is 4.30. The van der Waals surface area contributed by atoms with Gasteiger partial charge in [0, 0.05) is 43.7 Å². The molecule has 6 heteroatoms. The summed E-state index contributed by atoms with van der Waals surface area (Å²) in [5.41, 5.74) is 4.54. The van der Waals surface area contributed by atoms with Gasteiger partial charge in [-0.15, -0.1) is 0 Å². The van der Waals surface area contributed by atoms with E-state index in [9.17, 15) is 4.79 Å². The molecule has 5 nitrogen and oxygen atoms in total. The Morgan fingerprint density at radius 1 is 1.34 bits per heavy atom. The third-order valence-electron chi connectivity index (χ3n) is 5.86. The summed E-state index contributed by atoms with van der Waals surface area (Å²) in [6.07, 6.45) is 1.51. The number of anilines is 1. The molecule has 4 rings (SSSR count). The zero-order valence-electron chi connectivity index (χ0n) is 17.1.